The molecule has 2 N–H and O–H groups in total. The first-order chi connectivity index (χ1) is 6.74. The molecule has 0 atom stereocenters. The fourth-order valence-corrected chi connectivity index (χ4v) is 1.23. The molecule has 0 bridgehead atoms. The number of fused-ring (bicyclic) bond motifs is 1. The van der Waals surface area contributed by atoms with Crippen LogP contribution < -0.4 is 10.5 Å². The highest BCUT2D eigenvalue weighted by molar-refractivity contribution is 6.01. The minimum atomic E-state index is -0.601. The Bertz CT molecular complexity index is 491. The van der Waals surface area contributed by atoms with E-state index < -0.39 is 5.91 Å². The van der Waals surface area contributed by atoms with Crippen molar-refractivity contribution in [3.8, 4) is 5.88 Å². The zero-order valence-electron chi connectivity index (χ0n) is 7.47. The van der Waals surface area contributed by atoms with E-state index in [9.17, 15) is 4.79 Å². The summed E-state index contributed by atoms with van der Waals surface area (Å²) in [4.78, 5) is 15.1. The summed E-state index contributed by atoms with van der Waals surface area (Å²) in [6.07, 6.45) is 3.22. The number of rotatable bonds is 2. The lowest BCUT2D eigenvalue weighted by Crippen LogP contribution is -2.12. The Morgan fingerprint density at radius 1 is 1.64 bits per heavy atom. The van der Waals surface area contributed by atoms with Crippen LogP contribution in [0.5, 0.6) is 5.88 Å². The third-order valence-electron chi connectivity index (χ3n) is 1.80. The average molecular weight is 192 g/mol. The van der Waals surface area contributed by atoms with Crippen molar-refractivity contribution in [2.75, 3.05) is 7.11 Å². The number of nitrogens with two attached hydrogens (primary N) is 1. The van der Waals surface area contributed by atoms with Crippen molar-refractivity contribution in [2.24, 2.45) is 5.73 Å². The lowest BCUT2D eigenvalue weighted by atomic mass is 10.3. The van der Waals surface area contributed by atoms with Crippen molar-refractivity contribution in [2.45, 2.75) is 0 Å². The highest BCUT2D eigenvalue weighted by Gasteiger charge is 2.18. The van der Waals surface area contributed by atoms with E-state index in [1.54, 1.807) is 18.5 Å². The number of primary amides is 1. The Morgan fingerprint density at radius 3 is 3.07 bits per heavy atom. The summed E-state index contributed by atoms with van der Waals surface area (Å²) in [6, 6.07) is 1.70. The van der Waals surface area contributed by atoms with Gasteiger partial charge >= 0.3 is 0 Å². The molecule has 6 nitrogen and oxygen atoms in total. The summed E-state index contributed by atoms with van der Waals surface area (Å²) < 4.78 is 6.36. The van der Waals surface area contributed by atoms with Crippen LogP contribution in [0.3, 0.4) is 0 Å². The van der Waals surface area contributed by atoms with Crippen LogP contribution in [0.1, 0.15) is 10.4 Å². The number of aromatic nitrogens is 3. The van der Waals surface area contributed by atoms with E-state index in [1.165, 1.54) is 11.6 Å². The van der Waals surface area contributed by atoms with Gasteiger partial charge in [0.2, 0.25) is 5.88 Å². The number of carbonyl (C=O) groups is 1. The third kappa shape index (κ3) is 1.08. The molecule has 0 aliphatic carbocycles. The van der Waals surface area contributed by atoms with E-state index in [1.807, 2.05) is 0 Å². The largest absolute Gasteiger partial charge is 0.479 e. The minimum absolute atomic E-state index is 0.191. The second-order valence-electron chi connectivity index (χ2n) is 2.64. The summed E-state index contributed by atoms with van der Waals surface area (Å²) in [6.45, 7) is 0. The molecular formula is C8H8N4O2. The average Bonchev–Trinajstić information content (AvgIpc) is 2.55. The number of amides is 1. The van der Waals surface area contributed by atoms with Crippen molar-refractivity contribution < 1.29 is 9.53 Å². The van der Waals surface area contributed by atoms with E-state index in [2.05, 4.69) is 10.1 Å². The lowest BCUT2D eigenvalue weighted by Gasteiger charge is -1.94. The Hall–Kier alpha value is -2.11. The SMILES string of the molecule is COc1nn2cccnc2c1C(N)=O. The van der Waals surface area contributed by atoms with E-state index >= 15 is 0 Å². The van der Waals surface area contributed by atoms with Gasteiger partial charge in [-0.1, -0.05) is 0 Å². The number of ether oxygens (including phenoxy) is 1. The van der Waals surface area contributed by atoms with Crippen LogP contribution in [-0.2, 0) is 0 Å². The molecule has 6 heteroatoms. The van der Waals surface area contributed by atoms with Gasteiger partial charge in [0, 0.05) is 12.4 Å². The molecule has 0 aromatic carbocycles. The van der Waals surface area contributed by atoms with Gasteiger partial charge in [-0.25, -0.2) is 9.50 Å². The second-order valence-corrected chi connectivity index (χ2v) is 2.64. The second kappa shape index (κ2) is 2.99. The van der Waals surface area contributed by atoms with Gasteiger partial charge in [-0.15, -0.1) is 5.10 Å². The zero-order chi connectivity index (χ0) is 10.1. The number of methoxy groups -OCH3 is 1. The summed E-state index contributed by atoms with van der Waals surface area (Å²) in [5.41, 5.74) is 5.79. The van der Waals surface area contributed by atoms with Gasteiger partial charge in [-0.2, -0.15) is 0 Å². The van der Waals surface area contributed by atoms with Crippen LogP contribution >= 0.6 is 0 Å². The van der Waals surface area contributed by atoms with Crippen LogP contribution in [0.15, 0.2) is 18.5 Å². The first kappa shape index (κ1) is 8.49. The minimum Gasteiger partial charge on any atom is -0.479 e. The van der Waals surface area contributed by atoms with Gasteiger partial charge in [-0.05, 0) is 6.07 Å². The maximum absolute atomic E-state index is 11.1. The van der Waals surface area contributed by atoms with Crippen molar-refractivity contribution >= 4 is 11.6 Å². The van der Waals surface area contributed by atoms with E-state index in [0.29, 0.717) is 5.65 Å². The Labute approximate surface area is 79.3 Å². The van der Waals surface area contributed by atoms with Gasteiger partial charge in [-0.3, -0.25) is 4.79 Å². The maximum Gasteiger partial charge on any atom is 0.258 e. The molecule has 2 aromatic heterocycles. The molecule has 72 valence electrons. The van der Waals surface area contributed by atoms with Crippen LogP contribution in [-0.4, -0.2) is 27.6 Å². The molecular weight excluding hydrogens is 184 g/mol. The molecule has 0 radical (unpaired) electrons. The highest BCUT2D eigenvalue weighted by atomic mass is 16.5. The van der Waals surface area contributed by atoms with Crippen LogP contribution in [0, 0.1) is 0 Å². The number of hydrogen-bond acceptors (Lipinski definition) is 4. The normalized spacial score (nSPS) is 10.4. The lowest BCUT2D eigenvalue weighted by molar-refractivity contribution is 0.0999. The van der Waals surface area contributed by atoms with Crippen molar-refractivity contribution in [1.29, 1.82) is 0 Å². The molecule has 0 spiro atoms. The van der Waals surface area contributed by atoms with Crippen molar-refractivity contribution in [3.05, 3.63) is 24.0 Å². The van der Waals surface area contributed by atoms with E-state index in [-0.39, 0.29) is 11.4 Å². The molecule has 2 heterocycles. The zero-order valence-corrected chi connectivity index (χ0v) is 7.47. The van der Waals surface area contributed by atoms with Gasteiger partial charge in [0.25, 0.3) is 5.91 Å². The van der Waals surface area contributed by atoms with Crippen molar-refractivity contribution in [3.63, 3.8) is 0 Å². The van der Waals surface area contributed by atoms with Crippen LogP contribution in [0.25, 0.3) is 5.65 Å². The predicted octanol–water partition coefficient (Wildman–Crippen LogP) is -0.163. The molecule has 0 aliphatic heterocycles. The van der Waals surface area contributed by atoms with Gasteiger partial charge < -0.3 is 10.5 Å². The summed E-state index contributed by atoms with van der Waals surface area (Å²) >= 11 is 0. The first-order valence-corrected chi connectivity index (χ1v) is 3.91. The molecule has 0 unspecified atom stereocenters. The number of nitrogens with zero attached hydrogens (tertiary/aromatic N) is 3. The monoisotopic (exact) mass is 192 g/mol. The standard InChI is InChI=1S/C8H8N4O2/c1-14-8-5(6(9)13)7-10-3-2-4-12(7)11-8/h2-4H,1H3,(H2,9,13). The van der Waals surface area contributed by atoms with Crippen LogP contribution in [0.4, 0.5) is 0 Å². The molecule has 0 saturated heterocycles. The predicted molar refractivity (Wildman–Crippen MR) is 48.1 cm³/mol. The quantitative estimate of drug-likeness (QED) is 0.716. The maximum atomic E-state index is 11.1. The summed E-state index contributed by atoms with van der Waals surface area (Å²) in [5.74, 6) is -0.410. The molecule has 2 aromatic rings. The topological polar surface area (TPSA) is 82.5 Å². The molecule has 14 heavy (non-hydrogen) atoms. The van der Waals surface area contributed by atoms with Crippen LogP contribution in [0.2, 0.25) is 0 Å². The molecule has 0 aliphatic rings. The van der Waals surface area contributed by atoms with Gasteiger partial charge in [0.1, 0.15) is 5.56 Å². The summed E-state index contributed by atoms with van der Waals surface area (Å²) in [7, 11) is 1.42. The Kier molecular flexibility index (Phi) is 1.81. The fourth-order valence-electron chi connectivity index (χ4n) is 1.23. The summed E-state index contributed by atoms with van der Waals surface area (Å²) in [5, 5.41) is 3.98. The molecule has 1 amide bonds. The van der Waals surface area contributed by atoms with Crippen molar-refractivity contribution in [1.82, 2.24) is 14.6 Å². The Morgan fingerprint density at radius 2 is 2.43 bits per heavy atom. The van der Waals surface area contributed by atoms with Gasteiger partial charge in [0.05, 0.1) is 7.11 Å². The molecule has 0 fully saturated rings. The smallest absolute Gasteiger partial charge is 0.258 e. The fraction of sp³-hybridized carbons (Fsp3) is 0.125. The molecule has 2 rings (SSSR count). The number of hydrogen-bond donors (Lipinski definition) is 1. The third-order valence-corrected chi connectivity index (χ3v) is 1.80. The first-order valence-electron chi connectivity index (χ1n) is 3.91. The van der Waals surface area contributed by atoms with Gasteiger partial charge in [0.15, 0.2) is 5.65 Å². The molecule has 0 saturated carbocycles. The van der Waals surface area contributed by atoms with E-state index in [0.717, 1.165) is 0 Å². The highest BCUT2D eigenvalue weighted by Crippen LogP contribution is 2.19. The Balaban J connectivity index is 2.81. The van der Waals surface area contributed by atoms with E-state index in [4.69, 9.17) is 10.5 Å². The number of carbonyl (C=O) groups excluding carboxylic acids is 1.